The highest BCUT2D eigenvalue weighted by atomic mass is 16.5. The number of rotatable bonds is 4. The molecule has 0 radical (unpaired) electrons. The normalized spacial score (nSPS) is 12.6. The summed E-state index contributed by atoms with van der Waals surface area (Å²) in [4.78, 5) is 4.31. The summed E-state index contributed by atoms with van der Waals surface area (Å²) in [5.41, 5.74) is 8.10. The van der Waals surface area contributed by atoms with Crippen LogP contribution in [0, 0.1) is 6.92 Å². The number of benzene rings is 1. The minimum Gasteiger partial charge on any atom is -0.339 e. The second kappa shape index (κ2) is 5.10. The number of nitrogens with zero attached hydrogens (tertiary/aromatic N) is 2. The Labute approximate surface area is 101 Å². The van der Waals surface area contributed by atoms with E-state index in [0.29, 0.717) is 24.6 Å². The van der Waals surface area contributed by atoms with Gasteiger partial charge in [-0.05, 0) is 19.4 Å². The molecule has 2 rings (SSSR count). The topological polar surface area (TPSA) is 64.9 Å². The van der Waals surface area contributed by atoms with Crippen molar-refractivity contribution in [3.8, 4) is 0 Å². The van der Waals surface area contributed by atoms with Gasteiger partial charge < -0.3 is 10.3 Å². The standard InChI is InChI=1S/C13H17N3O/c1-9-3-5-11(6-4-9)8-13-15-12(16-17-13)7-10(2)14/h3-6,10H,7-8,14H2,1-2H3. The summed E-state index contributed by atoms with van der Waals surface area (Å²) >= 11 is 0. The molecule has 90 valence electrons. The van der Waals surface area contributed by atoms with Crippen molar-refractivity contribution in [1.29, 1.82) is 0 Å². The third-order valence-corrected chi connectivity index (χ3v) is 2.49. The summed E-state index contributed by atoms with van der Waals surface area (Å²) in [6, 6.07) is 8.36. The molecular formula is C13H17N3O. The first-order valence-electron chi connectivity index (χ1n) is 5.76. The molecule has 0 fully saturated rings. The lowest BCUT2D eigenvalue weighted by molar-refractivity contribution is 0.378. The van der Waals surface area contributed by atoms with Crippen molar-refractivity contribution in [2.75, 3.05) is 0 Å². The van der Waals surface area contributed by atoms with Crippen LogP contribution in [0.4, 0.5) is 0 Å². The molecule has 1 aromatic heterocycles. The molecule has 1 heterocycles. The Morgan fingerprint density at radius 1 is 1.29 bits per heavy atom. The number of nitrogens with two attached hydrogens (primary N) is 1. The number of hydrogen-bond donors (Lipinski definition) is 1. The van der Waals surface area contributed by atoms with Crippen molar-refractivity contribution in [3.63, 3.8) is 0 Å². The van der Waals surface area contributed by atoms with E-state index in [2.05, 4.69) is 41.3 Å². The zero-order chi connectivity index (χ0) is 12.3. The fraction of sp³-hybridized carbons (Fsp3) is 0.385. The largest absolute Gasteiger partial charge is 0.339 e. The predicted octanol–water partition coefficient (Wildman–Crippen LogP) is 1.86. The van der Waals surface area contributed by atoms with Crippen LogP contribution < -0.4 is 5.73 Å². The molecule has 0 spiro atoms. The second-order valence-electron chi connectivity index (χ2n) is 4.45. The van der Waals surface area contributed by atoms with Gasteiger partial charge in [-0.2, -0.15) is 4.98 Å². The lowest BCUT2D eigenvalue weighted by Crippen LogP contribution is -2.18. The van der Waals surface area contributed by atoms with Crippen molar-refractivity contribution in [3.05, 3.63) is 47.1 Å². The lowest BCUT2D eigenvalue weighted by Gasteiger charge is -1.98. The van der Waals surface area contributed by atoms with Crippen molar-refractivity contribution in [2.24, 2.45) is 5.73 Å². The van der Waals surface area contributed by atoms with Crippen molar-refractivity contribution in [1.82, 2.24) is 10.1 Å². The summed E-state index contributed by atoms with van der Waals surface area (Å²) in [6.07, 6.45) is 1.32. The van der Waals surface area contributed by atoms with Crippen LogP contribution in [-0.2, 0) is 12.8 Å². The van der Waals surface area contributed by atoms with E-state index in [-0.39, 0.29) is 6.04 Å². The highest BCUT2D eigenvalue weighted by molar-refractivity contribution is 5.23. The maximum atomic E-state index is 5.68. The van der Waals surface area contributed by atoms with E-state index >= 15 is 0 Å². The van der Waals surface area contributed by atoms with E-state index in [4.69, 9.17) is 10.3 Å². The van der Waals surface area contributed by atoms with E-state index in [1.165, 1.54) is 11.1 Å². The second-order valence-corrected chi connectivity index (χ2v) is 4.45. The minimum atomic E-state index is 0.0554. The predicted molar refractivity (Wildman–Crippen MR) is 65.6 cm³/mol. The molecule has 0 saturated heterocycles. The van der Waals surface area contributed by atoms with Crippen LogP contribution in [0.1, 0.15) is 29.8 Å². The maximum Gasteiger partial charge on any atom is 0.231 e. The quantitative estimate of drug-likeness (QED) is 0.872. The fourth-order valence-corrected chi connectivity index (χ4v) is 1.61. The molecule has 1 atom stereocenters. The molecule has 0 aliphatic rings. The molecule has 1 aromatic carbocycles. The third kappa shape index (κ3) is 3.39. The van der Waals surface area contributed by atoms with Gasteiger partial charge in [0.25, 0.3) is 0 Å². The highest BCUT2D eigenvalue weighted by Crippen LogP contribution is 2.09. The van der Waals surface area contributed by atoms with Gasteiger partial charge in [-0.3, -0.25) is 0 Å². The molecule has 17 heavy (non-hydrogen) atoms. The van der Waals surface area contributed by atoms with Crippen molar-refractivity contribution < 1.29 is 4.52 Å². The molecule has 4 heteroatoms. The first-order chi connectivity index (χ1) is 8.13. The smallest absolute Gasteiger partial charge is 0.231 e. The summed E-state index contributed by atoms with van der Waals surface area (Å²) in [5.74, 6) is 1.33. The molecule has 2 aromatic rings. The van der Waals surface area contributed by atoms with Crippen LogP contribution in [0.25, 0.3) is 0 Å². The van der Waals surface area contributed by atoms with E-state index in [1.807, 2.05) is 6.92 Å². The number of hydrogen-bond acceptors (Lipinski definition) is 4. The van der Waals surface area contributed by atoms with Gasteiger partial charge in [0.05, 0.1) is 6.42 Å². The summed E-state index contributed by atoms with van der Waals surface area (Å²) in [6.45, 7) is 3.99. The summed E-state index contributed by atoms with van der Waals surface area (Å²) in [5, 5.41) is 3.90. The van der Waals surface area contributed by atoms with E-state index < -0.39 is 0 Å². The number of aryl methyl sites for hydroxylation is 1. The molecule has 0 bridgehead atoms. The SMILES string of the molecule is Cc1ccc(Cc2nc(CC(C)N)no2)cc1. The Kier molecular flexibility index (Phi) is 3.54. The minimum absolute atomic E-state index is 0.0554. The average Bonchev–Trinajstić information content (AvgIpc) is 2.68. The van der Waals surface area contributed by atoms with E-state index in [9.17, 15) is 0 Å². The lowest BCUT2D eigenvalue weighted by atomic mass is 10.1. The molecule has 2 N–H and O–H groups in total. The average molecular weight is 231 g/mol. The first kappa shape index (κ1) is 11.8. The van der Waals surface area contributed by atoms with Gasteiger partial charge in [0, 0.05) is 12.5 Å². The van der Waals surface area contributed by atoms with Crippen LogP contribution in [0.15, 0.2) is 28.8 Å². The first-order valence-corrected chi connectivity index (χ1v) is 5.76. The van der Waals surface area contributed by atoms with Gasteiger partial charge in [0.2, 0.25) is 5.89 Å². The molecular weight excluding hydrogens is 214 g/mol. The monoisotopic (exact) mass is 231 g/mol. The Morgan fingerprint density at radius 2 is 2.00 bits per heavy atom. The summed E-state index contributed by atoms with van der Waals surface area (Å²) in [7, 11) is 0. The van der Waals surface area contributed by atoms with Crippen molar-refractivity contribution >= 4 is 0 Å². The zero-order valence-electron chi connectivity index (χ0n) is 10.2. The van der Waals surface area contributed by atoms with Crippen LogP contribution in [0.2, 0.25) is 0 Å². The van der Waals surface area contributed by atoms with Crippen LogP contribution in [0.5, 0.6) is 0 Å². The summed E-state index contributed by atoms with van der Waals surface area (Å²) < 4.78 is 5.18. The highest BCUT2D eigenvalue weighted by Gasteiger charge is 2.08. The molecule has 1 unspecified atom stereocenters. The van der Waals surface area contributed by atoms with Gasteiger partial charge in [-0.25, -0.2) is 0 Å². The van der Waals surface area contributed by atoms with Crippen LogP contribution >= 0.6 is 0 Å². The Bertz CT molecular complexity index is 474. The third-order valence-electron chi connectivity index (χ3n) is 2.49. The maximum absolute atomic E-state index is 5.68. The fourth-order valence-electron chi connectivity index (χ4n) is 1.61. The van der Waals surface area contributed by atoms with Crippen LogP contribution in [-0.4, -0.2) is 16.2 Å². The van der Waals surface area contributed by atoms with Gasteiger partial charge in [0.1, 0.15) is 0 Å². The molecule has 4 nitrogen and oxygen atoms in total. The molecule has 0 aliphatic carbocycles. The van der Waals surface area contributed by atoms with E-state index in [0.717, 1.165) is 0 Å². The Balaban J connectivity index is 2.03. The Morgan fingerprint density at radius 3 is 2.65 bits per heavy atom. The molecule has 0 saturated carbocycles. The Hall–Kier alpha value is -1.68. The van der Waals surface area contributed by atoms with Crippen LogP contribution in [0.3, 0.4) is 0 Å². The molecule has 0 amide bonds. The van der Waals surface area contributed by atoms with Gasteiger partial charge in [-0.1, -0.05) is 35.0 Å². The number of aromatic nitrogens is 2. The van der Waals surface area contributed by atoms with Crippen molar-refractivity contribution in [2.45, 2.75) is 32.7 Å². The zero-order valence-corrected chi connectivity index (χ0v) is 10.2. The van der Waals surface area contributed by atoms with Gasteiger partial charge in [-0.15, -0.1) is 0 Å². The van der Waals surface area contributed by atoms with E-state index in [1.54, 1.807) is 0 Å². The molecule has 0 aliphatic heterocycles. The van der Waals surface area contributed by atoms with Gasteiger partial charge >= 0.3 is 0 Å². The van der Waals surface area contributed by atoms with Gasteiger partial charge in [0.15, 0.2) is 5.82 Å².